The van der Waals surface area contributed by atoms with Gasteiger partial charge in [0.25, 0.3) is 0 Å². The summed E-state index contributed by atoms with van der Waals surface area (Å²) in [4.78, 5) is 89.5. The molecule has 0 unspecified atom stereocenters. The number of phenolic OH excluding ortho intramolecular Hbond substituents is 4. The Morgan fingerprint density at radius 2 is 0.959 bits per heavy atom. The van der Waals surface area contributed by atoms with Gasteiger partial charge in [0, 0.05) is 55.4 Å². The van der Waals surface area contributed by atoms with Gasteiger partial charge in [-0.05, 0) is 112 Å². The number of fused-ring (bicyclic) bond motifs is 6. The highest BCUT2D eigenvalue weighted by Crippen LogP contribution is 2.69. The van der Waals surface area contributed by atoms with Gasteiger partial charge in [0.15, 0.2) is 77.8 Å². The average Bonchev–Trinajstić information content (AvgIpc) is 1.46. The molecule has 3 aromatic rings. The van der Waals surface area contributed by atoms with Gasteiger partial charge in [-0.15, -0.1) is 0 Å². The minimum atomic E-state index is -3.21. The highest BCUT2D eigenvalue weighted by molar-refractivity contribution is 6.43. The van der Waals surface area contributed by atoms with Gasteiger partial charge in [0.1, 0.15) is 82.0 Å². The van der Waals surface area contributed by atoms with E-state index in [0.717, 1.165) is 21.3 Å². The summed E-state index contributed by atoms with van der Waals surface area (Å²) in [6.07, 6.45) is -35.1. The molecule has 4 bridgehead atoms. The van der Waals surface area contributed by atoms with Gasteiger partial charge >= 0.3 is 0 Å². The molecule has 0 amide bonds. The van der Waals surface area contributed by atoms with Crippen molar-refractivity contribution in [1.29, 1.82) is 0 Å². The van der Waals surface area contributed by atoms with Crippen LogP contribution >= 0.6 is 0 Å². The number of methoxy groups -OCH3 is 3. The topological polar surface area (TPSA) is 554 Å². The molecule has 674 valence electrons. The summed E-state index contributed by atoms with van der Waals surface area (Å²) >= 11 is 0. The molecule has 37 heteroatoms. The number of allylic oxidation sites excluding steroid dienone is 2. The predicted octanol–water partition coefficient (Wildman–Crippen LogP) is 2.40. The van der Waals surface area contributed by atoms with Crippen molar-refractivity contribution in [2.45, 2.75) is 353 Å². The predicted molar refractivity (Wildman–Crippen MR) is 412 cm³/mol. The van der Waals surface area contributed by atoms with Crippen molar-refractivity contribution in [2.24, 2.45) is 11.8 Å². The Morgan fingerprint density at radius 3 is 1.44 bits per heavy atom. The minimum Gasteiger partial charge on any atom is -0.507 e. The number of ether oxygens (including phenoxy) is 16. The van der Waals surface area contributed by atoms with Crippen LogP contribution in [0.15, 0.2) is 11.8 Å². The Bertz CT molecular complexity index is 4640. The number of Topliss-reactive ketones (excluding diaryl/α,β-unsaturated/α-hetero) is 6. The third-order valence-corrected chi connectivity index (χ3v) is 28.3. The van der Waals surface area contributed by atoms with E-state index < -0.39 is 344 Å². The highest BCUT2D eigenvalue weighted by atomic mass is 16.8. The number of hydrogen-bond acceptors (Lipinski definition) is 37. The van der Waals surface area contributed by atoms with Gasteiger partial charge in [-0.2, -0.15) is 0 Å². The quantitative estimate of drug-likeness (QED) is 0.0642. The van der Waals surface area contributed by atoms with Gasteiger partial charge in [0.2, 0.25) is 23.1 Å². The average molecular weight is 1730 g/mol. The van der Waals surface area contributed by atoms with Gasteiger partial charge in [0.05, 0.1) is 145 Å². The molecule has 7 saturated heterocycles. The SMILES string of the molecule is CCC[C@@]12O[C@@H]3c4c(O)c5c(c(O)c4C(=O)[C@]1(O)[C@H]3[C@H](O[C@@H]1C[C@H](O)[C@H](O)[C@@H](C)O1)[C@@H](O)[C@@H]2O[C@@H]1CC[C@@H](O[C@H]2CC[C@@](O)(C(C)=O)[C@H](C)O2)[C@H](C)O1)C(=O)C(c1c(OC)c(OC)c2cc3c(c(O)c2c1O)C(=O)[C@]1(O)[C@H](C3)[C@H](O[C@@H]2C[C@H](O)[C@H](O)[C@@H](C)O2)[C@@H](O)[C@H](O[C@@H]2CC[C@@H](O[C@H]3CC[C@@](O)(C(C)=O)[C@H](C)O3)[C@H](C)O2)[C@@]1(O)CCC)=C(OC)C5=O. The summed E-state index contributed by atoms with van der Waals surface area (Å²) in [5, 5.41) is 185. The Balaban J connectivity index is 0.798. The monoisotopic (exact) mass is 1720 g/mol. The molecule has 2 saturated carbocycles. The lowest BCUT2D eigenvalue weighted by Crippen LogP contribution is -2.80. The van der Waals surface area contributed by atoms with Gasteiger partial charge < -0.3 is 152 Å². The van der Waals surface area contributed by atoms with E-state index in [-0.39, 0.29) is 81.6 Å². The normalized spacial score (nSPS) is 43.2. The maximum atomic E-state index is 16.4. The van der Waals surface area contributed by atoms with Gasteiger partial charge in [-0.25, -0.2) is 0 Å². The molecule has 15 rings (SSSR count). The second-order valence-electron chi connectivity index (χ2n) is 35.1. The second-order valence-corrected chi connectivity index (χ2v) is 35.1. The lowest BCUT2D eigenvalue weighted by atomic mass is 9.53. The summed E-state index contributed by atoms with van der Waals surface area (Å²) in [6.45, 7) is 15.1. The Hall–Kier alpha value is -6.68. The summed E-state index contributed by atoms with van der Waals surface area (Å²) in [5.41, 5.74) is -21.6. The van der Waals surface area contributed by atoms with Crippen molar-refractivity contribution < 1.29 is 181 Å². The zero-order valence-electron chi connectivity index (χ0n) is 70.0. The molecule has 12 aliphatic rings. The van der Waals surface area contributed by atoms with E-state index in [9.17, 15) is 86.2 Å². The highest BCUT2D eigenvalue weighted by Gasteiger charge is 2.82. The molecule has 37 nitrogen and oxygen atoms in total. The van der Waals surface area contributed by atoms with Crippen LogP contribution in [0.3, 0.4) is 0 Å². The third kappa shape index (κ3) is 13.6. The van der Waals surface area contributed by atoms with Crippen molar-refractivity contribution in [3.63, 3.8) is 0 Å². The van der Waals surface area contributed by atoms with E-state index in [1.54, 1.807) is 41.5 Å². The van der Waals surface area contributed by atoms with Crippen molar-refractivity contribution in [1.82, 2.24) is 0 Å². The molecule has 0 aromatic heterocycles. The zero-order valence-corrected chi connectivity index (χ0v) is 70.0. The fraction of sp³-hybridized carbons (Fsp3) is 0.718. The fourth-order valence-electron chi connectivity index (χ4n) is 21.7. The third-order valence-electron chi connectivity index (χ3n) is 28.3. The standard InChI is InChI=1S/C85H112O37/c1-14-22-82(104)78(120-45-18-16-43(30(3)110-45)116-47-20-24-80(102,34(7)86)36(9)114-47)68(98)71(118-49-28-41(88)60(90)32(5)112-49)40-27-38-26-39-52(62(92)51(38)76(100)84(40,82)105)63(93)56(74(109-13)70(39)107-11)55-64(94)53-54(67(97)73(55)108-12)65(95)57-58(66(53)96)77(101)85(106)59-72(57)122-83(85,23-15-2)79(69(99)75(59)119-50-29-42(89)61(91)33(6)113-50)121-46-19-17-44(31(4)111-46)117-48-21-25-81(103,35(8)87)37(10)115-48/h26,30-33,36-37,40-50,59-61,68-69,71-72,75,78-79,88-93,95-96,98-99,102-106H,14-25,27-29H2,1-13H3/t30-,31-,32+,33+,36-,37-,40+,41-,42-,43+,44+,45+,46+,47-,48-,49+,50+,59+,60+,61+,68+,69+,71-,72+,75-,78-,79-,80+,81+,82-,83-,84+,85+/m0/s1. The molecule has 7 aliphatic heterocycles. The molecule has 122 heavy (non-hydrogen) atoms. The number of benzene rings is 3. The van der Waals surface area contributed by atoms with Crippen LogP contribution in [0.25, 0.3) is 16.3 Å². The number of aromatic hydroxyl groups is 4. The van der Waals surface area contributed by atoms with Crippen LogP contribution in [0.2, 0.25) is 0 Å². The first-order valence-electron chi connectivity index (χ1n) is 42.0. The molecule has 15 N–H and O–H groups in total. The van der Waals surface area contributed by atoms with E-state index in [2.05, 4.69) is 0 Å². The van der Waals surface area contributed by atoms with Crippen molar-refractivity contribution in [3.8, 4) is 34.5 Å². The van der Waals surface area contributed by atoms with E-state index in [0.29, 0.717) is 0 Å². The number of ketones is 6. The van der Waals surface area contributed by atoms with Crippen molar-refractivity contribution in [3.05, 3.63) is 50.8 Å². The lowest BCUT2D eigenvalue weighted by molar-refractivity contribution is -0.358. The molecule has 0 radical (unpaired) electrons. The molecule has 33 atom stereocenters. The summed E-state index contributed by atoms with van der Waals surface area (Å²) in [6, 6.07) is 1.25. The lowest BCUT2D eigenvalue weighted by Gasteiger charge is -2.60. The summed E-state index contributed by atoms with van der Waals surface area (Å²) in [7, 11) is 3.09. The van der Waals surface area contributed by atoms with Crippen LogP contribution in [0.5, 0.6) is 34.5 Å². The fourth-order valence-corrected chi connectivity index (χ4v) is 21.7. The first-order chi connectivity index (χ1) is 57.5. The van der Waals surface area contributed by atoms with Crippen LogP contribution in [0.4, 0.5) is 0 Å². The maximum absolute atomic E-state index is 16.4. The van der Waals surface area contributed by atoms with Crippen molar-refractivity contribution >= 4 is 51.0 Å². The van der Waals surface area contributed by atoms with E-state index in [4.69, 9.17) is 75.8 Å². The Labute approximate surface area is 700 Å². The molecular formula is C85H112O37. The van der Waals surface area contributed by atoms with Crippen LogP contribution < -0.4 is 9.47 Å². The minimum absolute atomic E-state index is 0.0101. The molecule has 9 fully saturated rings. The molecule has 7 heterocycles. The zero-order chi connectivity index (χ0) is 88.5. The number of aliphatic hydroxyl groups is 11. The van der Waals surface area contributed by atoms with Gasteiger partial charge in [-0.3, -0.25) is 28.8 Å². The van der Waals surface area contributed by atoms with Crippen LogP contribution in [-0.4, -0.2) is 314 Å². The van der Waals surface area contributed by atoms with Gasteiger partial charge in [-0.1, -0.05) is 26.7 Å². The largest absolute Gasteiger partial charge is 0.507 e. The second kappa shape index (κ2) is 32.9. The van der Waals surface area contributed by atoms with Crippen LogP contribution in [-0.2, 0) is 82.3 Å². The number of aliphatic hydroxyl groups excluding tert-OH is 6. The number of rotatable bonds is 22. The van der Waals surface area contributed by atoms with E-state index in [1.165, 1.54) is 33.8 Å². The number of carbonyl (C=O) groups is 6. The first kappa shape index (κ1) is 90.1. The van der Waals surface area contributed by atoms with E-state index in [1.807, 2.05) is 0 Å². The Kier molecular flexibility index (Phi) is 24.3. The summed E-state index contributed by atoms with van der Waals surface area (Å²) in [5.74, 6) is -17.3. The first-order valence-corrected chi connectivity index (χ1v) is 42.0. The molecule has 5 aliphatic carbocycles. The van der Waals surface area contributed by atoms with E-state index >= 15 is 19.2 Å². The molecule has 3 aromatic carbocycles. The summed E-state index contributed by atoms with van der Waals surface area (Å²) < 4.78 is 101. The Morgan fingerprint density at radius 1 is 0.484 bits per heavy atom. The van der Waals surface area contributed by atoms with Crippen LogP contribution in [0, 0.1) is 11.8 Å². The number of carbonyl (C=O) groups excluding carboxylic acids is 6. The smallest absolute Gasteiger partial charge is 0.232 e. The number of phenols is 4. The van der Waals surface area contributed by atoms with Crippen molar-refractivity contribution in [2.75, 3.05) is 21.3 Å². The number of hydrogen-bond donors (Lipinski definition) is 15. The molecular weight excluding hydrogens is 1610 g/mol. The maximum Gasteiger partial charge on any atom is 0.232 e. The molecule has 0 spiro atoms. The van der Waals surface area contributed by atoms with Crippen LogP contribution in [0.1, 0.15) is 223 Å².